The van der Waals surface area contributed by atoms with Crippen molar-refractivity contribution in [2.75, 3.05) is 21.3 Å². The topological polar surface area (TPSA) is 95.8 Å². The molecule has 0 aliphatic rings. The van der Waals surface area contributed by atoms with Gasteiger partial charge >= 0.3 is 26.4 Å². The van der Waals surface area contributed by atoms with E-state index in [4.69, 9.17) is 25.6 Å². The third-order valence-electron chi connectivity index (χ3n) is 6.87. The molecular weight excluding hydrogens is 689 g/mol. The van der Waals surface area contributed by atoms with Crippen LogP contribution in [0.3, 0.4) is 0 Å². The van der Waals surface area contributed by atoms with Crippen LogP contribution < -0.4 is 10.4 Å². The minimum absolute atomic E-state index is 0. The Bertz CT molecular complexity index is 970. The van der Waals surface area contributed by atoms with Crippen LogP contribution in [0.2, 0.25) is 32.2 Å². The molecule has 8 nitrogen and oxygen atoms in total. The van der Waals surface area contributed by atoms with Crippen molar-refractivity contribution in [2.45, 2.75) is 139 Å². The first-order chi connectivity index (χ1) is 17.8. The highest BCUT2D eigenvalue weighted by Crippen LogP contribution is 2.31. The minimum atomic E-state index is -3.85. The van der Waals surface area contributed by atoms with Gasteiger partial charge in [0.05, 0.1) is 0 Å². The van der Waals surface area contributed by atoms with E-state index in [1.165, 1.54) is 21.3 Å². The monoisotopic (exact) mass is 775 g/mol. The Morgan fingerprint density at radius 2 is 0.938 bits per heavy atom. The molecule has 0 fully saturated rings. The summed E-state index contributed by atoms with van der Waals surface area (Å²) in [5.41, 5.74) is 0. The van der Waals surface area contributed by atoms with Crippen molar-refractivity contribution >= 4 is 52.5 Å². The van der Waals surface area contributed by atoms with Crippen molar-refractivity contribution in [1.29, 1.82) is 0 Å². The Kier molecular flexibility index (Phi) is 43.0. The number of unbranched alkanes of at least 4 members (excludes halogenated alkanes) is 3. The first kappa shape index (κ1) is 69.0. The van der Waals surface area contributed by atoms with E-state index in [0.717, 1.165) is 30.9 Å². The quantitative estimate of drug-likeness (QED) is 0.121. The molecule has 0 saturated heterocycles. The van der Waals surface area contributed by atoms with Crippen LogP contribution in [0.15, 0.2) is 60.7 Å². The lowest BCUT2D eigenvalue weighted by atomic mass is 10.2. The average Bonchev–Trinajstić information content (AvgIpc) is 2.91. The van der Waals surface area contributed by atoms with E-state index < -0.39 is 42.1 Å². The summed E-state index contributed by atoms with van der Waals surface area (Å²) >= 11 is 0. The third kappa shape index (κ3) is 17.9. The van der Waals surface area contributed by atoms with Gasteiger partial charge in [0.1, 0.15) is 0 Å². The zero-order valence-corrected chi connectivity index (χ0v) is 29.2. The fraction of sp³-hybridized carbons (Fsp3) is 0.657. The minimum Gasteiger partial charge on any atom is -0.431 e. The van der Waals surface area contributed by atoms with E-state index >= 15 is 0 Å². The molecule has 3 atom stereocenters. The van der Waals surface area contributed by atoms with Gasteiger partial charge in [-0.1, -0.05) is 168 Å². The summed E-state index contributed by atoms with van der Waals surface area (Å²) in [4.78, 5) is 23.4. The van der Waals surface area contributed by atoms with Gasteiger partial charge in [0.2, 0.25) is 15.7 Å². The van der Waals surface area contributed by atoms with Gasteiger partial charge in [0.15, 0.2) is 0 Å². The van der Waals surface area contributed by atoms with Gasteiger partial charge in [0.25, 0.3) is 0 Å². The Balaban J connectivity index is -0.000000217. The summed E-state index contributed by atoms with van der Waals surface area (Å²) in [6, 6.07) is 19.7. The normalized spacial score (nSPS) is 13.8. The second kappa shape index (κ2) is 29.9. The fourth-order valence-corrected chi connectivity index (χ4v) is 27.4. The van der Waals surface area contributed by atoms with E-state index in [0.29, 0.717) is 11.2 Å². The van der Waals surface area contributed by atoms with Crippen molar-refractivity contribution in [2.24, 2.45) is 0 Å². The van der Waals surface area contributed by atoms with Gasteiger partial charge in [-0.3, -0.25) is 0 Å². The SMILES string of the molecule is C.C.C.C.C.C.C.C.C.C.CCCCCC[Si](C)(O)[Si](C)(O[Si](OC)(OC)O[Si](C)(C)O[Si](O)(OC)c1ccccc1)c1ccccc1. The number of hydrogen-bond donors (Lipinski definition) is 2. The summed E-state index contributed by atoms with van der Waals surface area (Å²) in [5.74, 6) is 0. The Hall–Kier alpha value is -0.796. The second-order valence-electron chi connectivity index (χ2n) is 10.3. The molecule has 3 unspecified atom stereocenters. The highest BCUT2D eigenvalue weighted by Gasteiger charge is 2.62. The van der Waals surface area contributed by atoms with E-state index in [2.05, 4.69) is 6.92 Å². The average molecular weight is 775 g/mol. The largest absolute Gasteiger partial charge is 0.659 e. The maximum absolute atomic E-state index is 12.1. The molecule has 0 amide bonds. The highest BCUT2D eigenvalue weighted by atomic mass is 29.3. The summed E-state index contributed by atoms with van der Waals surface area (Å²) in [6.07, 6.45) is 4.27. The van der Waals surface area contributed by atoms with E-state index in [-0.39, 0.29) is 74.3 Å². The summed E-state index contributed by atoms with van der Waals surface area (Å²) in [5, 5.41) is 1.54. The molecule has 294 valence electrons. The van der Waals surface area contributed by atoms with Crippen molar-refractivity contribution in [3.63, 3.8) is 0 Å². The first-order valence-corrected chi connectivity index (χ1v) is 25.4. The Labute approximate surface area is 307 Å². The molecule has 2 rings (SSSR count). The second-order valence-corrected chi connectivity index (χ2v) is 31.3. The lowest BCUT2D eigenvalue weighted by Crippen LogP contribution is -2.75. The first-order valence-electron chi connectivity index (χ1n) is 13.1. The van der Waals surface area contributed by atoms with Crippen LogP contribution in [0, 0.1) is 0 Å². The van der Waals surface area contributed by atoms with E-state index in [1.807, 2.05) is 61.6 Å². The van der Waals surface area contributed by atoms with Gasteiger partial charge in [-0.05, 0) is 37.4 Å². The maximum atomic E-state index is 12.1. The van der Waals surface area contributed by atoms with Gasteiger partial charge in [-0.25, -0.2) is 0 Å². The summed E-state index contributed by atoms with van der Waals surface area (Å²) in [7, 11) is -12.4. The molecule has 0 heterocycles. The van der Waals surface area contributed by atoms with Gasteiger partial charge in [-0.15, -0.1) is 0 Å². The van der Waals surface area contributed by atoms with Gasteiger partial charge < -0.3 is 35.2 Å². The molecule has 0 radical (unpaired) electrons. The lowest BCUT2D eigenvalue weighted by Gasteiger charge is -2.45. The number of benzene rings is 2. The molecule has 2 aromatic carbocycles. The molecule has 48 heavy (non-hydrogen) atoms. The van der Waals surface area contributed by atoms with Crippen LogP contribution in [-0.2, 0) is 25.6 Å². The smallest absolute Gasteiger partial charge is 0.431 e. The van der Waals surface area contributed by atoms with Gasteiger partial charge in [0, 0.05) is 26.5 Å². The molecular formula is C35H86O8Si5. The summed E-state index contributed by atoms with van der Waals surface area (Å²) in [6.45, 7) is 9.80. The predicted molar refractivity (Wildman–Crippen MR) is 229 cm³/mol. The van der Waals surface area contributed by atoms with Crippen molar-refractivity contribution in [3.05, 3.63) is 60.7 Å². The summed E-state index contributed by atoms with van der Waals surface area (Å²) < 4.78 is 37.0. The van der Waals surface area contributed by atoms with Crippen LogP contribution in [0.4, 0.5) is 0 Å². The lowest BCUT2D eigenvalue weighted by molar-refractivity contribution is 0.0653. The van der Waals surface area contributed by atoms with Crippen LogP contribution >= 0.6 is 0 Å². The molecule has 13 heteroatoms. The molecule has 0 bridgehead atoms. The molecule has 2 aromatic rings. The van der Waals surface area contributed by atoms with Crippen LogP contribution in [0.1, 0.15) is 107 Å². The van der Waals surface area contributed by atoms with Crippen LogP contribution in [-0.4, -0.2) is 73.0 Å². The van der Waals surface area contributed by atoms with Crippen molar-refractivity contribution in [3.8, 4) is 0 Å². The fourth-order valence-electron chi connectivity index (χ4n) is 4.41. The van der Waals surface area contributed by atoms with E-state index in [1.54, 1.807) is 25.2 Å². The maximum Gasteiger partial charge on any atom is 0.659 e. The standard InChI is InChI=1S/C25H46O8Si5.10CH4/c1-9-10-11-18-23-35(7,26)36(8,24-19-14-12-15-20-24)33-38(29-3,30-4)32-34(5,6)31-37(27,28-2)25-21-16-13-17-22-25;;;;;;;;;;/h12-17,19-22,26-27H,9-11,18,23H2,1-8H3;10*1H4. The van der Waals surface area contributed by atoms with E-state index in [9.17, 15) is 9.59 Å². The molecule has 2 N–H and O–H groups in total. The number of rotatable bonds is 17. The molecule has 0 aromatic heterocycles. The molecule has 0 aliphatic carbocycles. The zero-order valence-electron chi connectivity index (χ0n) is 24.2. The Morgan fingerprint density at radius 1 is 0.521 bits per heavy atom. The molecule has 0 aliphatic heterocycles. The van der Waals surface area contributed by atoms with Crippen molar-refractivity contribution in [1.82, 2.24) is 0 Å². The zero-order chi connectivity index (χ0) is 28.5. The molecule has 0 spiro atoms. The van der Waals surface area contributed by atoms with Crippen molar-refractivity contribution < 1.29 is 35.2 Å². The third-order valence-corrected chi connectivity index (χ3v) is 31.7. The van der Waals surface area contributed by atoms with Gasteiger partial charge in [-0.2, -0.15) is 0 Å². The Morgan fingerprint density at radius 3 is 1.31 bits per heavy atom. The number of hydrogen-bond acceptors (Lipinski definition) is 8. The predicted octanol–water partition coefficient (Wildman–Crippen LogP) is 10.0. The molecule has 0 saturated carbocycles. The van der Waals surface area contributed by atoms with Crippen LogP contribution in [0.25, 0.3) is 0 Å². The highest BCUT2D eigenvalue weighted by molar-refractivity contribution is 7.42. The van der Waals surface area contributed by atoms with Crippen LogP contribution in [0.5, 0.6) is 0 Å².